The first-order valence-electron chi connectivity index (χ1n) is 9.07. The Balaban J connectivity index is 1.59. The molecule has 140 valence electrons. The summed E-state index contributed by atoms with van der Waals surface area (Å²) in [5.41, 5.74) is -0.0459. The summed E-state index contributed by atoms with van der Waals surface area (Å²) in [7, 11) is 4.08. The second kappa shape index (κ2) is 10.3. The number of aromatic hydroxyl groups is 1. The predicted molar refractivity (Wildman–Crippen MR) is 109 cm³/mol. The molecule has 3 N–H and O–H groups in total. The molecular weight excluding hydrogens is 352 g/mol. The number of nitrogens with one attached hydrogen (secondary N) is 2. The van der Waals surface area contributed by atoms with Gasteiger partial charge in [0.25, 0.3) is 5.91 Å². The van der Waals surface area contributed by atoms with E-state index in [2.05, 4.69) is 21.4 Å². The molecule has 1 aromatic rings. The molecule has 1 fully saturated rings. The Hall–Kier alpha value is -0.850. The fourth-order valence-electron chi connectivity index (χ4n) is 2.85. The monoisotopic (exact) mass is 382 g/mol. The second-order valence-electron chi connectivity index (χ2n) is 7.21. The van der Waals surface area contributed by atoms with Crippen LogP contribution in [-0.4, -0.2) is 40.6 Å². The van der Waals surface area contributed by atoms with Gasteiger partial charge in [-0.3, -0.25) is 4.79 Å². The van der Waals surface area contributed by atoms with Crippen LogP contribution in [0.25, 0.3) is 0 Å². The molecule has 0 aliphatic carbocycles. The van der Waals surface area contributed by atoms with Crippen LogP contribution in [0.3, 0.4) is 0 Å². The summed E-state index contributed by atoms with van der Waals surface area (Å²) in [6.07, 6.45) is 6.47. The van der Waals surface area contributed by atoms with E-state index >= 15 is 0 Å². The van der Waals surface area contributed by atoms with Crippen LogP contribution < -0.4 is 10.6 Å². The fraction of sp³-hybridized carbons (Fsp3) is 0.632. The van der Waals surface area contributed by atoms with Gasteiger partial charge in [0.2, 0.25) is 0 Å². The number of hydrogen-bond donors (Lipinski definition) is 3. The average Bonchev–Trinajstić information content (AvgIpc) is 3.07. The highest BCUT2D eigenvalue weighted by atomic mass is 33.1. The van der Waals surface area contributed by atoms with Gasteiger partial charge in [-0.2, -0.15) is 0 Å². The maximum absolute atomic E-state index is 12.3. The minimum Gasteiger partial charge on any atom is -0.507 e. The molecule has 1 aromatic carbocycles. The molecule has 1 amide bonds. The first-order chi connectivity index (χ1) is 12.0. The molecule has 6 heteroatoms. The van der Waals surface area contributed by atoms with E-state index < -0.39 is 0 Å². The largest absolute Gasteiger partial charge is 0.507 e. The van der Waals surface area contributed by atoms with E-state index in [0.29, 0.717) is 12.1 Å². The third kappa shape index (κ3) is 7.50. The molecule has 1 saturated heterocycles. The Morgan fingerprint density at radius 3 is 2.80 bits per heavy atom. The number of carbonyl (C=O) groups excluding carboxylic acids is 1. The Morgan fingerprint density at radius 1 is 1.28 bits per heavy atom. The van der Waals surface area contributed by atoms with Crippen molar-refractivity contribution in [1.82, 2.24) is 10.6 Å². The highest BCUT2D eigenvalue weighted by Gasteiger charge is 2.22. The number of phenolic OH excluding ortho intramolecular Hbond substituents is 1. The van der Waals surface area contributed by atoms with Crippen molar-refractivity contribution in [2.45, 2.75) is 56.7 Å². The number of hydrogen-bond acceptors (Lipinski definition) is 5. The lowest BCUT2D eigenvalue weighted by molar-refractivity contribution is 0.0909. The van der Waals surface area contributed by atoms with Crippen molar-refractivity contribution >= 4 is 27.5 Å². The van der Waals surface area contributed by atoms with E-state index in [0.717, 1.165) is 11.8 Å². The molecule has 0 aromatic heterocycles. The molecule has 0 bridgehead atoms. The topological polar surface area (TPSA) is 61.4 Å². The standard InChI is InChI=1S/C19H30N2O2S2/c1-19(2,21-18(23)16-9-5-6-10-17(16)22)14-20-12-7-3-4-8-15-11-13-24-25-15/h5-6,9-10,15,20,22H,3-4,7-8,11-14H2,1-2H3,(H,21,23). The van der Waals surface area contributed by atoms with E-state index in [1.54, 1.807) is 18.2 Å². The SMILES string of the molecule is CC(C)(CNCCCCCC1CCSS1)NC(=O)c1ccccc1O. The van der Waals surface area contributed by atoms with Crippen LogP contribution in [0.5, 0.6) is 5.75 Å². The zero-order valence-electron chi connectivity index (χ0n) is 15.2. The van der Waals surface area contributed by atoms with Gasteiger partial charge in [-0.25, -0.2) is 0 Å². The van der Waals surface area contributed by atoms with E-state index in [-0.39, 0.29) is 17.2 Å². The van der Waals surface area contributed by atoms with Gasteiger partial charge < -0.3 is 15.7 Å². The van der Waals surface area contributed by atoms with Crippen molar-refractivity contribution in [1.29, 1.82) is 0 Å². The Morgan fingerprint density at radius 2 is 2.08 bits per heavy atom. The molecule has 1 aliphatic heterocycles. The van der Waals surface area contributed by atoms with Gasteiger partial charge in [-0.15, -0.1) is 0 Å². The Bertz CT molecular complexity index is 546. The van der Waals surface area contributed by atoms with E-state index in [1.165, 1.54) is 43.9 Å². The number of unbranched alkanes of at least 4 members (excludes halogenated alkanes) is 2. The van der Waals surface area contributed by atoms with Crippen LogP contribution in [-0.2, 0) is 0 Å². The third-order valence-electron chi connectivity index (χ3n) is 4.27. The lowest BCUT2D eigenvalue weighted by Gasteiger charge is -2.27. The van der Waals surface area contributed by atoms with Crippen molar-refractivity contribution in [2.24, 2.45) is 0 Å². The fourth-order valence-corrected chi connectivity index (χ4v) is 5.88. The van der Waals surface area contributed by atoms with Gasteiger partial charge in [0, 0.05) is 23.1 Å². The van der Waals surface area contributed by atoms with Gasteiger partial charge in [0.05, 0.1) is 5.56 Å². The Labute approximate surface area is 159 Å². The lowest BCUT2D eigenvalue weighted by Crippen LogP contribution is -2.50. The van der Waals surface area contributed by atoms with Crippen LogP contribution in [0, 0.1) is 0 Å². The molecule has 0 radical (unpaired) electrons. The van der Waals surface area contributed by atoms with Gasteiger partial charge in [-0.1, -0.05) is 46.6 Å². The van der Waals surface area contributed by atoms with Crippen molar-refractivity contribution in [2.75, 3.05) is 18.8 Å². The Kier molecular flexibility index (Phi) is 8.46. The van der Waals surface area contributed by atoms with Crippen molar-refractivity contribution in [3.8, 4) is 5.75 Å². The first-order valence-corrected chi connectivity index (χ1v) is 11.5. The number of phenols is 1. The van der Waals surface area contributed by atoms with Crippen LogP contribution in [0.2, 0.25) is 0 Å². The average molecular weight is 383 g/mol. The summed E-state index contributed by atoms with van der Waals surface area (Å²) in [4.78, 5) is 12.3. The summed E-state index contributed by atoms with van der Waals surface area (Å²) < 4.78 is 0. The summed E-state index contributed by atoms with van der Waals surface area (Å²) >= 11 is 0. The molecule has 0 spiro atoms. The summed E-state index contributed by atoms with van der Waals surface area (Å²) in [5, 5.41) is 17.1. The molecule has 1 unspecified atom stereocenters. The first kappa shape index (κ1) is 20.5. The molecule has 1 atom stereocenters. The quantitative estimate of drug-likeness (QED) is 0.418. The summed E-state index contributed by atoms with van der Waals surface area (Å²) in [6, 6.07) is 6.63. The molecule has 2 rings (SSSR count). The van der Waals surface area contributed by atoms with Crippen LogP contribution in [0.4, 0.5) is 0 Å². The zero-order valence-corrected chi connectivity index (χ0v) is 16.8. The maximum atomic E-state index is 12.3. The molecule has 1 aliphatic rings. The van der Waals surface area contributed by atoms with Gasteiger partial charge in [0.15, 0.2) is 0 Å². The number of carbonyl (C=O) groups is 1. The maximum Gasteiger partial charge on any atom is 0.255 e. The highest BCUT2D eigenvalue weighted by Crippen LogP contribution is 2.39. The third-order valence-corrected chi connectivity index (χ3v) is 7.28. The molecular formula is C19H30N2O2S2. The minimum absolute atomic E-state index is 0.0163. The van der Waals surface area contributed by atoms with Crippen molar-refractivity contribution < 1.29 is 9.90 Å². The van der Waals surface area contributed by atoms with Crippen LogP contribution in [0.1, 0.15) is 56.3 Å². The minimum atomic E-state index is -0.364. The van der Waals surface area contributed by atoms with Gasteiger partial charge in [-0.05, 0) is 51.8 Å². The highest BCUT2D eigenvalue weighted by molar-refractivity contribution is 8.77. The van der Waals surface area contributed by atoms with Gasteiger partial charge >= 0.3 is 0 Å². The number of benzene rings is 1. The molecule has 4 nitrogen and oxygen atoms in total. The van der Waals surface area contributed by atoms with Crippen molar-refractivity contribution in [3.05, 3.63) is 29.8 Å². The zero-order chi connectivity index (χ0) is 18.1. The molecule has 25 heavy (non-hydrogen) atoms. The van der Waals surface area contributed by atoms with E-state index in [1.807, 2.05) is 24.6 Å². The number of para-hydroxylation sites is 1. The molecule has 1 heterocycles. The normalized spacial score (nSPS) is 17.6. The number of amides is 1. The molecule has 0 saturated carbocycles. The smallest absolute Gasteiger partial charge is 0.255 e. The van der Waals surface area contributed by atoms with Crippen LogP contribution >= 0.6 is 21.6 Å². The summed E-state index contributed by atoms with van der Waals surface area (Å²) in [6.45, 7) is 5.67. The summed E-state index contributed by atoms with van der Waals surface area (Å²) in [5.74, 6) is 1.10. The van der Waals surface area contributed by atoms with Gasteiger partial charge in [0.1, 0.15) is 5.75 Å². The predicted octanol–water partition coefficient (Wildman–Crippen LogP) is 4.20. The second-order valence-corrected chi connectivity index (χ2v) is 10.00. The van der Waals surface area contributed by atoms with E-state index in [9.17, 15) is 9.90 Å². The van der Waals surface area contributed by atoms with E-state index in [4.69, 9.17) is 0 Å². The number of rotatable bonds is 10. The van der Waals surface area contributed by atoms with Crippen LogP contribution in [0.15, 0.2) is 24.3 Å². The lowest BCUT2D eigenvalue weighted by atomic mass is 10.0. The van der Waals surface area contributed by atoms with Crippen molar-refractivity contribution in [3.63, 3.8) is 0 Å².